The van der Waals surface area contributed by atoms with Crippen molar-refractivity contribution in [1.29, 1.82) is 0 Å². The Kier molecular flexibility index (Phi) is 19.4. The summed E-state index contributed by atoms with van der Waals surface area (Å²) in [6.07, 6.45) is 9.50. The molecule has 186 valence electrons. The fourth-order valence-corrected chi connectivity index (χ4v) is 3.02. The fraction of sp³-hybridized carbons (Fsp3) is 0.833. The van der Waals surface area contributed by atoms with Gasteiger partial charge in [0.05, 0.1) is 13.0 Å². The van der Waals surface area contributed by atoms with E-state index in [1.165, 1.54) is 0 Å². The van der Waals surface area contributed by atoms with E-state index in [9.17, 15) is 19.2 Å². The Morgan fingerprint density at radius 2 is 1.09 bits per heavy atom. The molecular formula is C24H42O8. The summed E-state index contributed by atoms with van der Waals surface area (Å²) < 4.78 is 15.7. The van der Waals surface area contributed by atoms with E-state index >= 15 is 0 Å². The lowest BCUT2D eigenvalue weighted by Crippen LogP contribution is -2.26. The maximum Gasteiger partial charge on any atom is 0.308 e. The third-order valence-corrected chi connectivity index (χ3v) is 4.88. The zero-order valence-electron chi connectivity index (χ0n) is 19.9. The molecule has 32 heavy (non-hydrogen) atoms. The van der Waals surface area contributed by atoms with Crippen molar-refractivity contribution in [2.24, 2.45) is 0 Å². The molecule has 0 fully saturated rings. The van der Waals surface area contributed by atoms with Gasteiger partial charge in [-0.2, -0.15) is 0 Å². The van der Waals surface area contributed by atoms with Crippen molar-refractivity contribution in [2.75, 3.05) is 6.61 Å². The summed E-state index contributed by atoms with van der Waals surface area (Å²) in [5, 5.41) is 8.60. The van der Waals surface area contributed by atoms with E-state index in [1.54, 1.807) is 0 Å². The molecule has 0 unspecified atom stereocenters. The molecule has 0 atom stereocenters. The van der Waals surface area contributed by atoms with Crippen LogP contribution in [-0.4, -0.2) is 41.9 Å². The number of hydrogen-bond donors (Lipinski definition) is 1. The lowest BCUT2D eigenvalue weighted by molar-refractivity contribution is -0.191. The third kappa shape index (κ3) is 19.8. The Labute approximate surface area is 192 Å². The molecular weight excluding hydrogens is 416 g/mol. The van der Waals surface area contributed by atoms with Crippen LogP contribution in [-0.2, 0) is 33.4 Å². The molecule has 0 saturated heterocycles. The monoisotopic (exact) mass is 458 g/mol. The number of hydrogen-bond acceptors (Lipinski definition) is 7. The molecule has 0 radical (unpaired) electrons. The normalized spacial score (nSPS) is 10.7. The van der Waals surface area contributed by atoms with Crippen LogP contribution in [0.2, 0.25) is 0 Å². The van der Waals surface area contributed by atoms with Crippen LogP contribution in [0, 0.1) is 0 Å². The van der Waals surface area contributed by atoms with E-state index in [0.717, 1.165) is 64.2 Å². The molecule has 1 N–H and O–H groups in total. The largest absolute Gasteiger partial charge is 0.481 e. The van der Waals surface area contributed by atoms with E-state index in [0.29, 0.717) is 0 Å². The number of rotatable bonds is 21. The number of carbonyl (C=O) groups is 4. The van der Waals surface area contributed by atoms with Gasteiger partial charge in [-0.25, -0.2) is 0 Å². The summed E-state index contributed by atoms with van der Waals surface area (Å²) in [6.45, 7) is 4.16. The lowest BCUT2D eigenvalue weighted by Gasteiger charge is -2.18. The van der Waals surface area contributed by atoms with Gasteiger partial charge < -0.3 is 19.3 Å². The molecule has 8 nitrogen and oxygen atoms in total. The first-order valence-electron chi connectivity index (χ1n) is 12.1. The summed E-state index contributed by atoms with van der Waals surface area (Å²) >= 11 is 0. The van der Waals surface area contributed by atoms with Crippen molar-refractivity contribution in [3.63, 3.8) is 0 Å². The highest BCUT2D eigenvalue weighted by atomic mass is 16.7. The van der Waals surface area contributed by atoms with Crippen molar-refractivity contribution < 1.29 is 38.5 Å². The topological polar surface area (TPSA) is 116 Å². The van der Waals surface area contributed by atoms with Gasteiger partial charge in [0.2, 0.25) is 0 Å². The molecule has 0 heterocycles. The average Bonchev–Trinajstić information content (AvgIpc) is 2.73. The molecule has 0 aromatic heterocycles. The van der Waals surface area contributed by atoms with Crippen molar-refractivity contribution in [3.05, 3.63) is 0 Å². The summed E-state index contributed by atoms with van der Waals surface area (Å²) in [5.41, 5.74) is 0. The van der Waals surface area contributed by atoms with Gasteiger partial charge in [0.15, 0.2) is 0 Å². The number of carbonyl (C=O) groups excluding carboxylic acids is 3. The zero-order chi connectivity index (χ0) is 24.0. The average molecular weight is 459 g/mol. The second kappa shape index (κ2) is 20.8. The highest BCUT2D eigenvalue weighted by Crippen LogP contribution is 2.12. The highest BCUT2D eigenvalue weighted by molar-refractivity contribution is 5.72. The van der Waals surface area contributed by atoms with Crippen LogP contribution in [0.4, 0.5) is 0 Å². The second-order valence-electron chi connectivity index (χ2n) is 7.99. The predicted octanol–water partition coefficient (Wildman–Crippen LogP) is 5.31. The Morgan fingerprint density at radius 1 is 0.625 bits per heavy atom. The van der Waals surface area contributed by atoms with Gasteiger partial charge in [0, 0.05) is 25.7 Å². The first-order chi connectivity index (χ1) is 15.4. The quantitative estimate of drug-likeness (QED) is 0.140. The van der Waals surface area contributed by atoms with Crippen LogP contribution >= 0.6 is 0 Å². The minimum atomic E-state index is -1.09. The number of esters is 3. The number of unbranched alkanes of at least 4 members (excludes halogenated alkanes) is 8. The standard InChI is InChI=1S/C24H42O8/c1-3-5-7-9-11-15-22(28)31-24(32-23(29)16-12-10-8-6-4-2)18-19-30-21(27)17-13-14-20(25)26/h24H,3-19H2,1-2H3,(H,25,26). The predicted molar refractivity (Wildman–Crippen MR) is 120 cm³/mol. The van der Waals surface area contributed by atoms with E-state index < -0.39 is 30.2 Å². The van der Waals surface area contributed by atoms with Crippen LogP contribution in [0.25, 0.3) is 0 Å². The van der Waals surface area contributed by atoms with Gasteiger partial charge in [0.25, 0.3) is 6.29 Å². The summed E-state index contributed by atoms with van der Waals surface area (Å²) in [7, 11) is 0. The van der Waals surface area contributed by atoms with Crippen LogP contribution in [0.5, 0.6) is 0 Å². The van der Waals surface area contributed by atoms with E-state index in [2.05, 4.69) is 13.8 Å². The van der Waals surface area contributed by atoms with Gasteiger partial charge in [-0.3, -0.25) is 19.2 Å². The maximum absolute atomic E-state index is 12.1. The molecule has 0 aliphatic carbocycles. The molecule has 0 amide bonds. The molecule has 0 spiro atoms. The van der Waals surface area contributed by atoms with Crippen LogP contribution in [0.3, 0.4) is 0 Å². The number of ether oxygens (including phenoxy) is 3. The zero-order valence-corrected chi connectivity index (χ0v) is 19.9. The van der Waals surface area contributed by atoms with Gasteiger partial charge in [-0.15, -0.1) is 0 Å². The summed E-state index contributed by atoms with van der Waals surface area (Å²) in [6, 6.07) is 0. The van der Waals surface area contributed by atoms with Gasteiger partial charge in [0.1, 0.15) is 0 Å². The Bertz CT molecular complexity index is 504. The number of carboxylic acid groups (broad SMARTS) is 1. The highest BCUT2D eigenvalue weighted by Gasteiger charge is 2.20. The van der Waals surface area contributed by atoms with Crippen molar-refractivity contribution in [3.8, 4) is 0 Å². The molecule has 0 aliphatic heterocycles. The SMILES string of the molecule is CCCCCCCC(=O)OC(CCOC(=O)CCCC(=O)O)OC(=O)CCCCCCC. The minimum Gasteiger partial charge on any atom is -0.481 e. The molecule has 0 saturated carbocycles. The van der Waals surface area contributed by atoms with Crippen LogP contribution < -0.4 is 0 Å². The number of carboxylic acids is 1. The fourth-order valence-electron chi connectivity index (χ4n) is 3.02. The molecule has 0 bridgehead atoms. The van der Waals surface area contributed by atoms with Crippen molar-refractivity contribution >= 4 is 23.9 Å². The van der Waals surface area contributed by atoms with E-state index in [4.69, 9.17) is 19.3 Å². The molecule has 0 aromatic rings. The van der Waals surface area contributed by atoms with Crippen molar-refractivity contribution in [2.45, 2.75) is 123 Å². The number of aliphatic carboxylic acids is 1. The molecule has 0 aromatic carbocycles. The third-order valence-electron chi connectivity index (χ3n) is 4.88. The lowest BCUT2D eigenvalue weighted by atomic mass is 10.1. The Hall–Kier alpha value is -2.12. The summed E-state index contributed by atoms with van der Waals surface area (Å²) in [4.78, 5) is 46.4. The van der Waals surface area contributed by atoms with Crippen LogP contribution in [0.15, 0.2) is 0 Å². The van der Waals surface area contributed by atoms with E-state index in [1.807, 2.05) is 0 Å². The molecule has 8 heteroatoms. The maximum atomic E-state index is 12.1. The van der Waals surface area contributed by atoms with Crippen LogP contribution in [0.1, 0.15) is 117 Å². The molecule has 0 rings (SSSR count). The van der Waals surface area contributed by atoms with Gasteiger partial charge in [-0.05, 0) is 19.3 Å². The first kappa shape index (κ1) is 29.9. The van der Waals surface area contributed by atoms with Gasteiger partial charge >= 0.3 is 23.9 Å². The molecule has 0 aliphatic rings. The Morgan fingerprint density at radius 3 is 1.56 bits per heavy atom. The minimum absolute atomic E-state index is 0.00787. The second-order valence-corrected chi connectivity index (χ2v) is 7.99. The van der Waals surface area contributed by atoms with E-state index in [-0.39, 0.29) is 45.1 Å². The Balaban J connectivity index is 4.41. The first-order valence-corrected chi connectivity index (χ1v) is 12.1. The smallest absolute Gasteiger partial charge is 0.308 e. The summed E-state index contributed by atoms with van der Waals surface area (Å²) in [5.74, 6) is -2.37. The van der Waals surface area contributed by atoms with Gasteiger partial charge in [-0.1, -0.05) is 65.2 Å². The van der Waals surface area contributed by atoms with Crippen molar-refractivity contribution in [1.82, 2.24) is 0 Å².